The highest BCUT2D eigenvalue weighted by Gasteiger charge is 2.18. The maximum absolute atomic E-state index is 13.9. The minimum atomic E-state index is -1.21. The first-order valence-corrected chi connectivity index (χ1v) is 5.28. The summed E-state index contributed by atoms with van der Waals surface area (Å²) in [7, 11) is 2.86. The van der Waals surface area contributed by atoms with Crippen molar-refractivity contribution in [2.24, 2.45) is 7.05 Å². The molecule has 19 heavy (non-hydrogen) atoms. The van der Waals surface area contributed by atoms with Gasteiger partial charge in [-0.05, 0) is 12.1 Å². The van der Waals surface area contributed by atoms with Gasteiger partial charge in [-0.3, -0.25) is 4.68 Å². The van der Waals surface area contributed by atoms with Crippen molar-refractivity contribution in [1.82, 2.24) is 9.78 Å². The van der Waals surface area contributed by atoms with Crippen LogP contribution in [0.2, 0.25) is 0 Å². The average molecular weight is 266 g/mol. The Kier molecular flexibility index (Phi) is 3.12. The number of methoxy groups -OCH3 is 1. The molecule has 0 aliphatic carbocycles. The van der Waals surface area contributed by atoms with Crippen LogP contribution in [0.4, 0.5) is 4.39 Å². The Bertz CT molecular complexity index is 651. The summed E-state index contributed by atoms with van der Waals surface area (Å²) in [5.74, 6) is -2.39. The summed E-state index contributed by atoms with van der Waals surface area (Å²) in [5, 5.41) is 22.1. The zero-order valence-electron chi connectivity index (χ0n) is 10.2. The minimum Gasteiger partial charge on any atom is -0.505 e. The molecule has 0 amide bonds. The van der Waals surface area contributed by atoms with Gasteiger partial charge >= 0.3 is 5.97 Å². The molecule has 2 aromatic rings. The number of hydrogen-bond acceptors (Lipinski definition) is 4. The second-order valence-corrected chi connectivity index (χ2v) is 3.85. The average Bonchev–Trinajstić information content (AvgIpc) is 2.75. The molecule has 0 saturated carbocycles. The van der Waals surface area contributed by atoms with Crippen LogP contribution in [0.1, 0.15) is 10.5 Å². The van der Waals surface area contributed by atoms with Crippen LogP contribution in [0.3, 0.4) is 0 Å². The molecule has 0 aliphatic rings. The van der Waals surface area contributed by atoms with Gasteiger partial charge in [-0.1, -0.05) is 0 Å². The van der Waals surface area contributed by atoms with Gasteiger partial charge in [-0.2, -0.15) is 5.10 Å². The number of carboxylic acid groups (broad SMARTS) is 1. The number of rotatable bonds is 3. The van der Waals surface area contributed by atoms with Crippen LogP contribution in [0.15, 0.2) is 18.2 Å². The summed E-state index contributed by atoms with van der Waals surface area (Å²) in [6, 6.07) is 3.71. The SMILES string of the molecule is COc1cc(O)c(F)c(-c2cc(C(=O)O)nn2C)c1. The molecule has 0 aliphatic heterocycles. The highest BCUT2D eigenvalue weighted by atomic mass is 19.1. The Morgan fingerprint density at radius 1 is 1.42 bits per heavy atom. The van der Waals surface area contributed by atoms with Gasteiger partial charge in [0.05, 0.1) is 12.8 Å². The van der Waals surface area contributed by atoms with Crippen molar-refractivity contribution in [3.8, 4) is 22.8 Å². The van der Waals surface area contributed by atoms with E-state index in [1.807, 2.05) is 0 Å². The number of aromatic hydroxyl groups is 1. The van der Waals surface area contributed by atoms with Crippen LogP contribution < -0.4 is 4.74 Å². The second kappa shape index (κ2) is 4.60. The van der Waals surface area contributed by atoms with Gasteiger partial charge in [0, 0.05) is 18.7 Å². The standard InChI is InChI=1S/C12H11FN2O4/c1-15-9(5-8(14-15)12(17)18)7-3-6(19-2)4-10(16)11(7)13/h3-5,16H,1-2H3,(H,17,18). The van der Waals surface area contributed by atoms with Crippen LogP contribution in [0.5, 0.6) is 11.5 Å². The summed E-state index contributed by atoms with van der Waals surface area (Å²) >= 11 is 0. The van der Waals surface area contributed by atoms with Gasteiger partial charge in [0.15, 0.2) is 17.3 Å². The number of benzene rings is 1. The van der Waals surface area contributed by atoms with Gasteiger partial charge < -0.3 is 14.9 Å². The molecular formula is C12H11FN2O4. The smallest absolute Gasteiger partial charge is 0.356 e. The van der Waals surface area contributed by atoms with Crippen molar-refractivity contribution >= 4 is 5.97 Å². The maximum Gasteiger partial charge on any atom is 0.356 e. The number of aryl methyl sites for hydroxylation is 1. The fraction of sp³-hybridized carbons (Fsp3) is 0.167. The lowest BCUT2D eigenvalue weighted by Crippen LogP contribution is -1.99. The van der Waals surface area contributed by atoms with Crippen LogP contribution >= 0.6 is 0 Å². The van der Waals surface area contributed by atoms with Crippen molar-refractivity contribution in [3.63, 3.8) is 0 Å². The number of hydrogen-bond donors (Lipinski definition) is 2. The molecule has 1 aromatic carbocycles. The summed E-state index contributed by atoms with van der Waals surface area (Å²) in [4.78, 5) is 10.8. The van der Waals surface area contributed by atoms with Crippen LogP contribution in [0, 0.1) is 5.82 Å². The third kappa shape index (κ3) is 2.22. The molecule has 0 radical (unpaired) electrons. The first-order chi connectivity index (χ1) is 8.93. The Labute approximate surface area is 107 Å². The van der Waals surface area contributed by atoms with Gasteiger partial charge in [-0.25, -0.2) is 9.18 Å². The van der Waals surface area contributed by atoms with E-state index < -0.39 is 17.5 Å². The van der Waals surface area contributed by atoms with Crippen LogP contribution in [0.25, 0.3) is 11.3 Å². The third-order valence-electron chi connectivity index (χ3n) is 2.64. The number of aromatic nitrogens is 2. The summed E-state index contributed by atoms with van der Waals surface area (Å²) in [5.41, 5.74) is 0.0302. The van der Waals surface area contributed by atoms with E-state index in [2.05, 4.69) is 5.10 Å². The number of phenols is 1. The molecule has 0 atom stereocenters. The lowest BCUT2D eigenvalue weighted by Gasteiger charge is -2.08. The van der Waals surface area contributed by atoms with Crippen LogP contribution in [-0.2, 0) is 7.05 Å². The first kappa shape index (κ1) is 12.9. The van der Waals surface area contributed by atoms with Crippen molar-refractivity contribution in [3.05, 3.63) is 29.7 Å². The Hall–Kier alpha value is -2.57. The molecule has 0 spiro atoms. The van der Waals surface area contributed by atoms with Crippen molar-refractivity contribution in [1.29, 1.82) is 0 Å². The monoisotopic (exact) mass is 266 g/mol. The molecule has 6 nitrogen and oxygen atoms in total. The van der Waals surface area contributed by atoms with Crippen LogP contribution in [-0.4, -0.2) is 33.1 Å². The fourth-order valence-corrected chi connectivity index (χ4v) is 1.71. The minimum absolute atomic E-state index is 0.0133. The molecule has 1 aromatic heterocycles. The largest absolute Gasteiger partial charge is 0.505 e. The highest BCUT2D eigenvalue weighted by Crippen LogP contribution is 2.33. The number of aromatic carboxylic acids is 1. The Morgan fingerprint density at radius 3 is 2.63 bits per heavy atom. The van der Waals surface area contributed by atoms with E-state index >= 15 is 0 Å². The molecule has 2 N–H and O–H groups in total. The van der Waals surface area contributed by atoms with Gasteiger partial charge in [0.2, 0.25) is 0 Å². The number of carbonyl (C=O) groups is 1. The molecular weight excluding hydrogens is 255 g/mol. The van der Waals surface area contributed by atoms with E-state index in [1.54, 1.807) is 0 Å². The molecule has 0 fully saturated rings. The topological polar surface area (TPSA) is 84.6 Å². The molecule has 2 rings (SSSR count). The number of phenolic OH excluding ortho intramolecular Hbond substituents is 1. The number of ether oxygens (including phenoxy) is 1. The normalized spacial score (nSPS) is 10.5. The van der Waals surface area contributed by atoms with E-state index in [9.17, 15) is 14.3 Å². The highest BCUT2D eigenvalue weighted by molar-refractivity contribution is 5.87. The lowest BCUT2D eigenvalue weighted by atomic mass is 10.1. The predicted octanol–water partition coefficient (Wildman–Crippen LogP) is 1.64. The predicted molar refractivity (Wildman–Crippen MR) is 63.8 cm³/mol. The Morgan fingerprint density at radius 2 is 2.11 bits per heavy atom. The number of halogens is 1. The summed E-state index contributed by atoms with van der Waals surface area (Å²) in [6.45, 7) is 0. The van der Waals surface area contributed by atoms with E-state index in [4.69, 9.17) is 9.84 Å². The summed E-state index contributed by atoms with van der Waals surface area (Å²) < 4.78 is 20.1. The van der Waals surface area contributed by atoms with E-state index in [1.165, 1.54) is 31.0 Å². The third-order valence-corrected chi connectivity index (χ3v) is 2.64. The van der Waals surface area contributed by atoms with Gasteiger partial charge in [0.25, 0.3) is 0 Å². The maximum atomic E-state index is 13.9. The van der Waals surface area contributed by atoms with E-state index in [0.29, 0.717) is 0 Å². The fourth-order valence-electron chi connectivity index (χ4n) is 1.71. The Balaban J connectivity index is 2.64. The molecule has 100 valence electrons. The molecule has 0 bridgehead atoms. The number of carboxylic acids is 1. The van der Waals surface area contributed by atoms with E-state index in [-0.39, 0.29) is 22.7 Å². The summed E-state index contributed by atoms with van der Waals surface area (Å²) in [6.07, 6.45) is 0. The quantitative estimate of drug-likeness (QED) is 0.882. The first-order valence-electron chi connectivity index (χ1n) is 5.28. The number of nitrogens with zero attached hydrogens (tertiary/aromatic N) is 2. The van der Waals surface area contributed by atoms with Crippen molar-refractivity contribution in [2.45, 2.75) is 0 Å². The van der Waals surface area contributed by atoms with Gasteiger partial charge in [-0.15, -0.1) is 0 Å². The lowest BCUT2D eigenvalue weighted by molar-refractivity contribution is 0.0689. The zero-order valence-corrected chi connectivity index (χ0v) is 10.2. The van der Waals surface area contributed by atoms with Crippen molar-refractivity contribution in [2.75, 3.05) is 7.11 Å². The van der Waals surface area contributed by atoms with E-state index in [0.717, 1.165) is 6.07 Å². The second-order valence-electron chi connectivity index (χ2n) is 3.85. The molecule has 7 heteroatoms. The molecule has 0 unspecified atom stereocenters. The zero-order chi connectivity index (χ0) is 14.2. The molecule has 1 heterocycles. The molecule has 0 saturated heterocycles. The van der Waals surface area contributed by atoms with Gasteiger partial charge in [0.1, 0.15) is 5.75 Å². The van der Waals surface area contributed by atoms with Crippen molar-refractivity contribution < 1.29 is 24.1 Å².